The number of thiophene rings is 1. The van der Waals surface area contributed by atoms with Crippen molar-refractivity contribution in [3.8, 4) is 11.4 Å². The fraction of sp³-hybridized carbons (Fsp3) is 0.421. The normalized spacial score (nSPS) is 14.9. The Bertz CT molecular complexity index is 973. The summed E-state index contributed by atoms with van der Waals surface area (Å²) < 4.78 is 10.2. The zero-order chi connectivity index (χ0) is 20.2. The first-order chi connectivity index (χ1) is 14.1. The zero-order valence-corrected chi connectivity index (χ0v) is 16.8. The molecule has 1 fully saturated rings. The lowest BCUT2D eigenvalue weighted by Gasteiger charge is -2.31. The number of piperidine rings is 1. The van der Waals surface area contributed by atoms with Crippen LogP contribution in [0.25, 0.3) is 11.4 Å². The smallest absolute Gasteiger partial charge is 0.228 e. The molecule has 1 aliphatic rings. The molecule has 0 bridgehead atoms. The van der Waals surface area contributed by atoms with E-state index in [-0.39, 0.29) is 17.7 Å². The lowest BCUT2D eigenvalue weighted by molar-refractivity contribution is -0.134. The van der Waals surface area contributed by atoms with E-state index in [1.165, 1.54) is 0 Å². The molecule has 0 radical (unpaired) electrons. The molecule has 0 atom stereocenters. The van der Waals surface area contributed by atoms with Gasteiger partial charge in [-0.2, -0.15) is 16.3 Å². The Kier molecular flexibility index (Phi) is 5.70. The predicted molar refractivity (Wildman–Crippen MR) is 105 cm³/mol. The maximum atomic E-state index is 12.5. The van der Waals surface area contributed by atoms with Crippen molar-refractivity contribution in [3.05, 3.63) is 34.5 Å². The second kappa shape index (κ2) is 8.56. The number of aryl methyl sites for hydroxylation is 2. The fourth-order valence-corrected chi connectivity index (χ4v) is 3.92. The van der Waals surface area contributed by atoms with E-state index in [0.717, 1.165) is 5.56 Å². The molecule has 1 saturated heterocycles. The zero-order valence-electron chi connectivity index (χ0n) is 16.0. The Morgan fingerprint density at radius 2 is 2.10 bits per heavy atom. The van der Waals surface area contributed by atoms with Gasteiger partial charge in [-0.3, -0.25) is 9.59 Å². The van der Waals surface area contributed by atoms with Gasteiger partial charge in [0.25, 0.3) is 0 Å². The highest BCUT2D eigenvalue weighted by Crippen LogP contribution is 2.21. The van der Waals surface area contributed by atoms with Gasteiger partial charge in [-0.1, -0.05) is 10.3 Å². The van der Waals surface area contributed by atoms with Crippen molar-refractivity contribution in [2.24, 2.45) is 5.92 Å². The summed E-state index contributed by atoms with van der Waals surface area (Å²) in [5.74, 6) is 1.87. The summed E-state index contributed by atoms with van der Waals surface area (Å²) in [6.45, 7) is 2.88. The lowest BCUT2D eigenvalue weighted by atomic mass is 9.95. The van der Waals surface area contributed by atoms with Crippen LogP contribution in [0.2, 0.25) is 0 Å². The Balaban J connectivity index is 1.22. The maximum absolute atomic E-state index is 12.5. The van der Waals surface area contributed by atoms with E-state index >= 15 is 0 Å². The molecule has 10 heteroatoms. The Labute approximate surface area is 171 Å². The van der Waals surface area contributed by atoms with Gasteiger partial charge in [-0.25, -0.2) is 0 Å². The highest BCUT2D eigenvalue weighted by atomic mass is 32.1. The van der Waals surface area contributed by atoms with Crippen LogP contribution in [-0.4, -0.2) is 45.1 Å². The van der Waals surface area contributed by atoms with Crippen LogP contribution in [0.4, 0.5) is 5.82 Å². The third-order valence-electron chi connectivity index (χ3n) is 4.90. The van der Waals surface area contributed by atoms with Crippen LogP contribution in [0.15, 0.2) is 31.9 Å². The van der Waals surface area contributed by atoms with Gasteiger partial charge in [0, 0.05) is 48.9 Å². The highest BCUT2D eigenvalue weighted by Gasteiger charge is 2.28. The number of rotatable bonds is 6. The van der Waals surface area contributed by atoms with Crippen molar-refractivity contribution < 1.29 is 18.6 Å². The van der Waals surface area contributed by atoms with E-state index < -0.39 is 0 Å². The van der Waals surface area contributed by atoms with E-state index in [4.69, 9.17) is 9.05 Å². The van der Waals surface area contributed by atoms with Crippen LogP contribution >= 0.6 is 11.3 Å². The van der Waals surface area contributed by atoms with Crippen LogP contribution in [-0.2, 0) is 16.0 Å². The second-order valence-corrected chi connectivity index (χ2v) is 7.77. The average molecular weight is 415 g/mol. The number of hydrogen-bond acceptors (Lipinski definition) is 8. The number of aromatic nitrogens is 3. The number of nitrogens with zero attached hydrogens (tertiary/aromatic N) is 4. The number of hydrogen-bond donors (Lipinski definition) is 1. The minimum Gasteiger partial charge on any atom is -0.360 e. The van der Waals surface area contributed by atoms with Crippen molar-refractivity contribution in [3.63, 3.8) is 0 Å². The van der Waals surface area contributed by atoms with Gasteiger partial charge < -0.3 is 19.3 Å². The van der Waals surface area contributed by atoms with E-state index in [0.29, 0.717) is 62.1 Å². The molecular weight excluding hydrogens is 394 g/mol. The van der Waals surface area contributed by atoms with Gasteiger partial charge in [-0.05, 0) is 31.2 Å². The van der Waals surface area contributed by atoms with Crippen LogP contribution in [0.1, 0.15) is 30.9 Å². The van der Waals surface area contributed by atoms with E-state index in [2.05, 4.69) is 20.6 Å². The number of likely N-dealkylation sites (tertiary alicyclic amines) is 1. The summed E-state index contributed by atoms with van der Waals surface area (Å²) in [4.78, 5) is 31.0. The molecule has 0 aromatic carbocycles. The SMILES string of the molecule is Cc1cc(NC(=O)C2CCN(C(=O)CCc3nc(-c4ccsc4)no3)CC2)no1. The fourth-order valence-electron chi connectivity index (χ4n) is 3.28. The highest BCUT2D eigenvalue weighted by molar-refractivity contribution is 7.08. The van der Waals surface area contributed by atoms with Gasteiger partial charge in [0.1, 0.15) is 5.76 Å². The van der Waals surface area contributed by atoms with E-state index in [1.807, 2.05) is 16.8 Å². The largest absolute Gasteiger partial charge is 0.360 e. The molecule has 29 heavy (non-hydrogen) atoms. The average Bonchev–Trinajstić information content (AvgIpc) is 3.48. The topological polar surface area (TPSA) is 114 Å². The predicted octanol–water partition coefficient (Wildman–Crippen LogP) is 2.90. The third-order valence-corrected chi connectivity index (χ3v) is 5.58. The summed E-state index contributed by atoms with van der Waals surface area (Å²) in [5.41, 5.74) is 0.914. The molecule has 4 rings (SSSR count). The van der Waals surface area contributed by atoms with Crippen molar-refractivity contribution in [2.45, 2.75) is 32.6 Å². The van der Waals surface area contributed by atoms with Crippen LogP contribution < -0.4 is 5.32 Å². The summed E-state index contributed by atoms with van der Waals surface area (Å²) in [6, 6.07) is 3.60. The number of carbonyl (C=O) groups excluding carboxylic acids is 2. The monoisotopic (exact) mass is 415 g/mol. The van der Waals surface area contributed by atoms with Gasteiger partial charge in [0.15, 0.2) is 5.82 Å². The number of anilines is 1. The minimum atomic E-state index is -0.139. The van der Waals surface area contributed by atoms with Gasteiger partial charge in [0.2, 0.25) is 23.5 Å². The first-order valence-electron chi connectivity index (χ1n) is 9.45. The Morgan fingerprint density at radius 1 is 1.28 bits per heavy atom. The molecule has 2 amide bonds. The van der Waals surface area contributed by atoms with E-state index in [9.17, 15) is 9.59 Å². The summed E-state index contributed by atoms with van der Waals surface area (Å²) in [5, 5.41) is 14.4. The molecule has 152 valence electrons. The maximum Gasteiger partial charge on any atom is 0.228 e. The molecule has 1 N–H and O–H groups in total. The van der Waals surface area contributed by atoms with Crippen LogP contribution in [0.5, 0.6) is 0 Å². The van der Waals surface area contributed by atoms with Gasteiger partial charge in [0.05, 0.1) is 0 Å². The Morgan fingerprint density at radius 3 is 2.79 bits per heavy atom. The van der Waals surface area contributed by atoms with Crippen molar-refractivity contribution in [1.82, 2.24) is 20.2 Å². The van der Waals surface area contributed by atoms with Crippen molar-refractivity contribution in [2.75, 3.05) is 18.4 Å². The van der Waals surface area contributed by atoms with Gasteiger partial charge >= 0.3 is 0 Å². The first kappa shape index (κ1) is 19.3. The molecule has 1 aliphatic heterocycles. The number of carbonyl (C=O) groups is 2. The molecule has 9 nitrogen and oxygen atoms in total. The van der Waals surface area contributed by atoms with Crippen LogP contribution in [0.3, 0.4) is 0 Å². The number of nitrogens with one attached hydrogen (secondary N) is 1. The van der Waals surface area contributed by atoms with Crippen LogP contribution in [0, 0.1) is 12.8 Å². The first-order valence-corrected chi connectivity index (χ1v) is 10.4. The molecular formula is C19H21N5O4S. The molecule has 0 unspecified atom stereocenters. The Hall–Kier alpha value is -3.01. The molecule has 3 aromatic rings. The molecule has 0 spiro atoms. The lowest BCUT2D eigenvalue weighted by Crippen LogP contribution is -2.41. The molecule has 0 saturated carbocycles. The summed E-state index contributed by atoms with van der Waals surface area (Å²) in [7, 11) is 0. The summed E-state index contributed by atoms with van der Waals surface area (Å²) >= 11 is 1.57. The van der Waals surface area contributed by atoms with Crippen molar-refractivity contribution in [1.29, 1.82) is 0 Å². The quantitative estimate of drug-likeness (QED) is 0.658. The molecule has 3 aromatic heterocycles. The summed E-state index contributed by atoms with van der Waals surface area (Å²) in [6.07, 6.45) is 1.96. The molecule has 0 aliphatic carbocycles. The van der Waals surface area contributed by atoms with Crippen molar-refractivity contribution >= 4 is 29.0 Å². The standard InChI is InChI=1S/C19H21N5O4S/c1-12-10-15(22-27-12)20-19(26)13-4-7-24(8-5-13)17(25)3-2-16-21-18(23-28-16)14-6-9-29-11-14/h6,9-11,13H,2-5,7-8H2,1H3,(H,20,22,26). The third kappa shape index (κ3) is 4.70. The van der Waals surface area contributed by atoms with E-state index in [1.54, 1.807) is 29.2 Å². The number of amides is 2. The molecule has 4 heterocycles. The van der Waals surface area contributed by atoms with Gasteiger partial charge in [-0.15, -0.1) is 0 Å². The minimum absolute atomic E-state index is 0.0336. The second-order valence-electron chi connectivity index (χ2n) is 6.99.